The van der Waals surface area contributed by atoms with E-state index in [1.165, 1.54) is 0 Å². The van der Waals surface area contributed by atoms with Gasteiger partial charge < -0.3 is 5.32 Å². The molecule has 0 spiro atoms. The molecule has 0 aliphatic carbocycles. The van der Waals surface area contributed by atoms with E-state index in [1.807, 2.05) is 43.6 Å². The van der Waals surface area contributed by atoms with Gasteiger partial charge in [0.25, 0.3) is 0 Å². The predicted molar refractivity (Wildman–Crippen MR) is 84.8 cm³/mol. The first-order valence-corrected chi connectivity index (χ1v) is 6.97. The zero-order valence-corrected chi connectivity index (χ0v) is 11.9. The van der Waals surface area contributed by atoms with E-state index in [9.17, 15) is 4.39 Å². The van der Waals surface area contributed by atoms with Crippen molar-refractivity contribution in [2.24, 2.45) is 4.99 Å². The van der Waals surface area contributed by atoms with Gasteiger partial charge >= 0.3 is 0 Å². The van der Waals surface area contributed by atoms with Crippen LogP contribution >= 0.6 is 0 Å². The number of alkyl halides is 1. The van der Waals surface area contributed by atoms with E-state index in [0.717, 1.165) is 22.3 Å². The van der Waals surface area contributed by atoms with Gasteiger partial charge in [-0.15, -0.1) is 0 Å². The summed E-state index contributed by atoms with van der Waals surface area (Å²) in [6.07, 6.45) is 3.84. The molecule has 1 aliphatic heterocycles. The number of allylic oxidation sites excluding steroid dienone is 1. The van der Waals surface area contributed by atoms with Crippen LogP contribution in [0.2, 0.25) is 0 Å². The number of hydrogen-bond acceptors (Lipinski definition) is 2. The van der Waals surface area contributed by atoms with Gasteiger partial charge in [0.05, 0.1) is 0 Å². The third-order valence-electron chi connectivity index (χ3n) is 3.56. The first kappa shape index (κ1) is 13.6. The minimum Gasteiger partial charge on any atom is -0.366 e. The minimum absolute atomic E-state index is 0.0170. The van der Waals surface area contributed by atoms with Crippen molar-refractivity contribution in [2.75, 3.05) is 0 Å². The average Bonchev–Trinajstić information content (AvgIpc) is 2.56. The number of rotatable bonds is 3. The molecule has 3 rings (SSSR count). The van der Waals surface area contributed by atoms with Gasteiger partial charge in [0.15, 0.2) is 0 Å². The fourth-order valence-electron chi connectivity index (χ4n) is 2.31. The predicted octanol–water partition coefficient (Wildman–Crippen LogP) is 4.40. The van der Waals surface area contributed by atoms with Crippen molar-refractivity contribution in [1.82, 2.24) is 5.32 Å². The summed E-state index contributed by atoms with van der Waals surface area (Å²) < 4.78 is 12.5. The Morgan fingerprint density at radius 1 is 1.00 bits per heavy atom. The number of halogens is 1. The summed E-state index contributed by atoms with van der Waals surface area (Å²) in [7, 11) is 0. The topological polar surface area (TPSA) is 24.4 Å². The highest BCUT2D eigenvalue weighted by atomic mass is 19.1. The monoisotopic (exact) mass is 280 g/mol. The quantitative estimate of drug-likeness (QED) is 0.885. The van der Waals surface area contributed by atoms with Gasteiger partial charge in [0.2, 0.25) is 0 Å². The Labute approximate surface area is 124 Å². The van der Waals surface area contributed by atoms with E-state index in [0.29, 0.717) is 5.56 Å². The Bertz CT molecular complexity index is 669. The van der Waals surface area contributed by atoms with Gasteiger partial charge in [0.1, 0.15) is 12.8 Å². The molecule has 0 bridgehead atoms. The normalized spacial score (nSPS) is 17.2. The van der Waals surface area contributed by atoms with Gasteiger partial charge in [0, 0.05) is 12.4 Å². The van der Waals surface area contributed by atoms with Gasteiger partial charge in [-0.05, 0) is 34.8 Å². The molecule has 2 nitrogen and oxygen atoms in total. The molecule has 1 N–H and O–H groups in total. The van der Waals surface area contributed by atoms with Crippen molar-refractivity contribution in [2.45, 2.75) is 19.8 Å². The summed E-state index contributed by atoms with van der Waals surface area (Å²) in [5.74, 6) is 0. The Morgan fingerprint density at radius 2 is 1.62 bits per heavy atom. The molecular formula is C18H17FN2. The average molecular weight is 280 g/mol. The van der Waals surface area contributed by atoms with Crippen LogP contribution in [0, 0.1) is 0 Å². The molecule has 1 heterocycles. The summed E-state index contributed by atoms with van der Waals surface area (Å²) >= 11 is 0. The number of hydrogen-bond donors (Lipinski definition) is 1. The summed E-state index contributed by atoms with van der Waals surface area (Å²) in [4.78, 5) is 4.46. The molecule has 0 amide bonds. The second-order valence-electron chi connectivity index (χ2n) is 5.19. The van der Waals surface area contributed by atoms with Gasteiger partial charge in [-0.25, -0.2) is 4.39 Å². The Hall–Kier alpha value is -2.42. The molecule has 21 heavy (non-hydrogen) atoms. The van der Waals surface area contributed by atoms with E-state index < -0.39 is 6.67 Å². The zero-order chi connectivity index (χ0) is 14.7. The summed E-state index contributed by atoms with van der Waals surface area (Å²) in [5, 5.41) is 3.26. The van der Waals surface area contributed by atoms with Crippen LogP contribution in [0.4, 0.5) is 4.39 Å². The third kappa shape index (κ3) is 3.02. The number of benzene rings is 2. The van der Waals surface area contributed by atoms with Crippen LogP contribution in [0.3, 0.4) is 0 Å². The van der Waals surface area contributed by atoms with E-state index in [-0.39, 0.29) is 6.17 Å². The zero-order valence-electron chi connectivity index (χ0n) is 11.9. The van der Waals surface area contributed by atoms with Crippen LogP contribution in [-0.2, 0) is 6.67 Å². The molecule has 2 aromatic carbocycles. The first-order valence-electron chi connectivity index (χ1n) is 6.97. The maximum atomic E-state index is 12.5. The molecule has 1 unspecified atom stereocenters. The van der Waals surface area contributed by atoms with Crippen molar-refractivity contribution in [1.29, 1.82) is 0 Å². The smallest absolute Gasteiger partial charge is 0.144 e. The van der Waals surface area contributed by atoms with E-state index in [2.05, 4.69) is 34.6 Å². The molecule has 0 saturated carbocycles. The molecular weight excluding hydrogens is 263 g/mol. The van der Waals surface area contributed by atoms with E-state index in [1.54, 1.807) is 0 Å². The highest BCUT2D eigenvalue weighted by Gasteiger charge is 2.10. The van der Waals surface area contributed by atoms with Gasteiger partial charge in [-0.1, -0.05) is 48.5 Å². The third-order valence-corrected chi connectivity index (χ3v) is 3.56. The lowest BCUT2D eigenvalue weighted by Gasteiger charge is -2.17. The number of aliphatic imine (C=N–C) groups is 1. The second-order valence-corrected chi connectivity index (χ2v) is 5.19. The standard InChI is InChI=1S/C18H17FN2/c1-13-11-20-18(21-12-13)17-8-6-16(7-9-17)15-4-2-14(10-19)3-5-15/h2-9,11-12,18,20H,10H2,1H3. The van der Waals surface area contributed by atoms with Crippen LogP contribution in [0.25, 0.3) is 11.1 Å². The van der Waals surface area contributed by atoms with E-state index in [4.69, 9.17) is 0 Å². The molecule has 3 heteroatoms. The van der Waals surface area contributed by atoms with Crippen molar-refractivity contribution in [3.8, 4) is 11.1 Å². The lowest BCUT2D eigenvalue weighted by Crippen LogP contribution is -2.17. The molecule has 0 fully saturated rings. The maximum absolute atomic E-state index is 12.5. The Morgan fingerprint density at radius 3 is 2.14 bits per heavy atom. The van der Waals surface area contributed by atoms with Crippen LogP contribution in [-0.4, -0.2) is 6.21 Å². The van der Waals surface area contributed by atoms with E-state index >= 15 is 0 Å². The Balaban J connectivity index is 1.79. The van der Waals surface area contributed by atoms with Gasteiger partial charge in [-0.2, -0.15) is 0 Å². The molecule has 2 aromatic rings. The second kappa shape index (κ2) is 5.92. The molecule has 0 saturated heterocycles. The minimum atomic E-state index is -0.419. The lowest BCUT2D eigenvalue weighted by atomic mass is 10.0. The highest BCUT2D eigenvalue weighted by Crippen LogP contribution is 2.24. The van der Waals surface area contributed by atoms with Crippen LogP contribution < -0.4 is 5.32 Å². The molecule has 0 aromatic heterocycles. The molecule has 106 valence electrons. The van der Waals surface area contributed by atoms with Crippen molar-refractivity contribution < 1.29 is 4.39 Å². The van der Waals surface area contributed by atoms with Crippen LogP contribution in [0.1, 0.15) is 24.2 Å². The summed E-state index contributed by atoms with van der Waals surface area (Å²) in [6, 6.07) is 15.8. The lowest BCUT2D eigenvalue weighted by molar-refractivity contribution is 0.485. The SMILES string of the molecule is CC1=CNC(c2ccc(-c3ccc(CF)cc3)cc2)N=C1. The first-order chi connectivity index (χ1) is 10.3. The van der Waals surface area contributed by atoms with Crippen molar-refractivity contribution in [3.63, 3.8) is 0 Å². The van der Waals surface area contributed by atoms with Crippen LogP contribution in [0.5, 0.6) is 0 Å². The van der Waals surface area contributed by atoms with Crippen LogP contribution in [0.15, 0.2) is 65.3 Å². The molecule has 1 aliphatic rings. The molecule has 1 atom stereocenters. The number of nitrogens with zero attached hydrogens (tertiary/aromatic N) is 1. The van der Waals surface area contributed by atoms with Crippen molar-refractivity contribution >= 4 is 6.21 Å². The fraction of sp³-hybridized carbons (Fsp3) is 0.167. The summed E-state index contributed by atoms with van der Waals surface area (Å²) in [6.45, 7) is 1.59. The van der Waals surface area contributed by atoms with Crippen molar-refractivity contribution in [3.05, 3.63) is 71.4 Å². The molecule has 0 radical (unpaired) electrons. The fourth-order valence-corrected chi connectivity index (χ4v) is 2.31. The maximum Gasteiger partial charge on any atom is 0.144 e. The Kier molecular flexibility index (Phi) is 3.82. The highest BCUT2D eigenvalue weighted by molar-refractivity contribution is 5.78. The van der Waals surface area contributed by atoms with Gasteiger partial charge in [-0.3, -0.25) is 4.99 Å². The summed E-state index contributed by atoms with van der Waals surface area (Å²) in [5.41, 5.74) is 5.17. The number of nitrogens with one attached hydrogen (secondary N) is 1. The largest absolute Gasteiger partial charge is 0.366 e.